The predicted octanol–water partition coefficient (Wildman–Crippen LogP) is 2.02. The Morgan fingerprint density at radius 1 is 1.45 bits per heavy atom. The molecular formula is C9H18N2. The summed E-state index contributed by atoms with van der Waals surface area (Å²) in [7, 11) is 2.09. The highest BCUT2D eigenvalue weighted by molar-refractivity contribution is 4.80. The molecule has 0 bridgehead atoms. The van der Waals surface area contributed by atoms with Gasteiger partial charge in [0.05, 0.1) is 12.5 Å². The average molecular weight is 154 g/mol. The van der Waals surface area contributed by atoms with Crippen LogP contribution in [0.4, 0.5) is 0 Å². The van der Waals surface area contributed by atoms with Crippen LogP contribution in [0.1, 0.15) is 33.1 Å². The molecular weight excluding hydrogens is 136 g/mol. The first-order chi connectivity index (χ1) is 5.26. The predicted molar refractivity (Wildman–Crippen MR) is 47.2 cm³/mol. The van der Waals surface area contributed by atoms with Crippen LogP contribution >= 0.6 is 0 Å². The van der Waals surface area contributed by atoms with Gasteiger partial charge in [0, 0.05) is 6.04 Å². The van der Waals surface area contributed by atoms with Crippen LogP contribution in [0.15, 0.2) is 0 Å². The Balaban J connectivity index is 3.73. The molecule has 0 saturated carbocycles. The van der Waals surface area contributed by atoms with Gasteiger partial charge in [-0.1, -0.05) is 13.8 Å². The third-order valence-corrected chi connectivity index (χ3v) is 2.00. The molecule has 0 aliphatic rings. The molecule has 0 aromatic heterocycles. The lowest BCUT2D eigenvalue weighted by atomic mass is 10.1. The minimum absolute atomic E-state index is 0.458. The van der Waals surface area contributed by atoms with Gasteiger partial charge < -0.3 is 4.90 Å². The summed E-state index contributed by atoms with van der Waals surface area (Å²) >= 11 is 0. The van der Waals surface area contributed by atoms with Crippen molar-refractivity contribution in [2.75, 3.05) is 13.6 Å². The fraction of sp³-hybridized carbons (Fsp3) is 0.889. The summed E-state index contributed by atoms with van der Waals surface area (Å²) in [5.74, 6) is 0. The summed E-state index contributed by atoms with van der Waals surface area (Å²) in [5.41, 5.74) is 0. The van der Waals surface area contributed by atoms with E-state index in [1.807, 2.05) is 0 Å². The van der Waals surface area contributed by atoms with Crippen LogP contribution in [0.3, 0.4) is 0 Å². The largest absolute Gasteiger partial charge is 0.302 e. The van der Waals surface area contributed by atoms with E-state index in [-0.39, 0.29) is 0 Å². The Kier molecular flexibility index (Phi) is 5.87. The Labute approximate surface area is 69.8 Å². The van der Waals surface area contributed by atoms with Crippen molar-refractivity contribution in [3.05, 3.63) is 0 Å². The van der Waals surface area contributed by atoms with Crippen LogP contribution in [0, 0.1) is 11.3 Å². The van der Waals surface area contributed by atoms with E-state index in [2.05, 4.69) is 31.9 Å². The standard InChI is InChI=1S/C9H18N2/c1-4-8-11(3)9(5-2)6-7-10/h9H,4-6,8H2,1-3H3. The van der Waals surface area contributed by atoms with Gasteiger partial charge in [0.1, 0.15) is 0 Å². The molecule has 0 aliphatic carbocycles. The van der Waals surface area contributed by atoms with Crippen molar-refractivity contribution in [1.29, 1.82) is 5.26 Å². The van der Waals surface area contributed by atoms with Crippen LogP contribution in [0.5, 0.6) is 0 Å². The topological polar surface area (TPSA) is 27.0 Å². The summed E-state index contributed by atoms with van der Waals surface area (Å²) in [6, 6.07) is 2.67. The molecule has 0 aliphatic heterocycles. The van der Waals surface area contributed by atoms with Crippen LogP contribution in [0.2, 0.25) is 0 Å². The van der Waals surface area contributed by atoms with Gasteiger partial charge in [-0.25, -0.2) is 0 Å². The van der Waals surface area contributed by atoms with Crippen molar-refractivity contribution in [3.63, 3.8) is 0 Å². The van der Waals surface area contributed by atoms with Crippen LogP contribution in [-0.2, 0) is 0 Å². The Morgan fingerprint density at radius 3 is 2.45 bits per heavy atom. The van der Waals surface area contributed by atoms with Crippen LogP contribution in [-0.4, -0.2) is 24.5 Å². The molecule has 0 rings (SSSR count). The fourth-order valence-electron chi connectivity index (χ4n) is 1.25. The molecule has 2 heteroatoms. The Bertz CT molecular complexity index is 126. The maximum absolute atomic E-state index is 8.51. The zero-order chi connectivity index (χ0) is 8.69. The van der Waals surface area contributed by atoms with Crippen molar-refractivity contribution in [3.8, 4) is 6.07 Å². The number of rotatable bonds is 5. The maximum Gasteiger partial charge on any atom is 0.0638 e. The van der Waals surface area contributed by atoms with Crippen molar-refractivity contribution >= 4 is 0 Å². The molecule has 0 N–H and O–H groups in total. The second-order valence-corrected chi connectivity index (χ2v) is 2.90. The van der Waals surface area contributed by atoms with E-state index in [9.17, 15) is 0 Å². The summed E-state index contributed by atoms with van der Waals surface area (Å²) in [4.78, 5) is 2.27. The molecule has 64 valence electrons. The third-order valence-electron chi connectivity index (χ3n) is 2.00. The normalized spacial score (nSPS) is 13.0. The molecule has 1 atom stereocenters. The average Bonchev–Trinajstić information content (AvgIpc) is 2.00. The van der Waals surface area contributed by atoms with Crippen LogP contribution < -0.4 is 0 Å². The SMILES string of the molecule is CCCN(C)C(CC)CC#N. The molecule has 11 heavy (non-hydrogen) atoms. The van der Waals surface area contributed by atoms with E-state index in [1.165, 1.54) is 6.42 Å². The number of nitriles is 1. The van der Waals surface area contributed by atoms with E-state index in [0.717, 1.165) is 13.0 Å². The van der Waals surface area contributed by atoms with Gasteiger partial charge in [0.15, 0.2) is 0 Å². The number of hydrogen-bond donors (Lipinski definition) is 0. The lowest BCUT2D eigenvalue weighted by molar-refractivity contribution is 0.239. The summed E-state index contributed by atoms with van der Waals surface area (Å²) in [6.45, 7) is 5.39. The highest BCUT2D eigenvalue weighted by Gasteiger charge is 2.09. The first-order valence-corrected chi connectivity index (χ1v) is 4.33. The summed E-state index contributed by atoms with van der Waals surface area (Å²) in [5, 5.41) is 8.51. The highest BCUT2D eigenvalue weighted by Crippen LogP contribution is 2.05. The smallest absolute Gasteiger partial charge is 0.0638 e. The number of nitrogens with zero attached hydrogens (tertiary/aromatic N) is 2. The van der Waals surface area contributed by atoms with Gasteiger partial charge in [0.25, 0.3) is 0 Å². The van der Waals surface area contributed by atoms with Crippen molar-refractivity contribution in [2.24, 2.45) is 0 Å². The first-order valence-electron chi connectivity index (χ1n) is 4.33. The van der Waals surface area contributed by atoms with Gasteiger partial charge in [0.2, 0.25) is 0 Å². The zero-order valence-electron chi connectivity index (χ0n) is 7.80. The van der Waals surface area contributed by atoms with E-state index in [1.54, 1.807) is 0 Å². The van der Waals surface area contributed by atoms with Gasteiger partial charge >= 0.3 is 0 Å². The number of hydrogen-bond acceptors (Lipinski definition) is 2. The third kappa shape index (κ3) is 4.00. The highest BCUT2D eigenvalue weighted by atomic mass is 15.1. The lowest BCUT2D eigenvalue weighted by Gasteiger charge is -2.24. The molecule has 0 spiro atoms. The molecule has 0 saturated heterocycles. The minimum atomic E-state index is 0.458. The summed E-state index contributed by atoms with van der Waals surface area (Å²) in [6.07, 6.45) is 2.90. The van der Waals surface area contributed by atoms with Gasteiger partial charge in [-0.15, -0.1) is 0 Å². The molecule has 0 heterocycles. The second-order valence-electron chi connectivity index (χ2n) is 2.90. The quantitative estimate of drug-likeness (QED) is 0.605. The minimum Gasteiger partial charge on any atom is -0.302 e. The molecule has 2 nitrogen and oxygen atoms in total. The molecule has 0 amide bonds. The second kappa shape index (κ2) is 6.18. The maximum atomic E-state index is 8.51. The Hall–Kier alpha value is -0.550. The molecule has 0 aromatic carbocycles. The lowest BCUT2D eigenvalue weighted by Crippen LogP contribution is -2.31. The van der Waals surface area contributed by atoms with Gasteiger partial charge in [-0.2, -0.15) is 5.26 Å². The van der Waals surface area contributed by atoms with Crippen molar-refractivity contribution in [2.45, 2.75) is 39.2 Å². The first kappa shape index (κ1) is 10.4. The van der Waals surface area contributed by atoms with E-state index in [0.29, 0.717) is 12.5 Å². The van der Waals surface area contributed by atoms with Crippen molar-refractivity contribution < 1.29 is 0 Å². The molecule has 1 unspecified atom stereocenters. The Morgan fingerprint density at radius 2 is 2.09 bits per heavy atom. The molecule has 0 fully saturated rings. The molecule has 0 aromatic rings. The molecule has 0 radical (unpaired) electrons. The van der Waals surface area contributed by atoms with E-state index < -0.39 is 0 Å². The zero-order valence-corrected chi connectivity index (χ0v) is 7.80. The van der Waals surface area contributed by atoms with Gasteiger partial charge in [-0.3, -0.25) is 0 Å². The van der Waals surface area contributed by atoms with Crippen LogP contribution in [0.25, 0.3) is 0 Å². The fourth-order valence-corrected chi connectivity index (χ4v) is 1.25. The van der Waals surface area contributed by atoms with E-state index >= 15 is 0 Å². The summed E-state index contributed by atoms with van der Waals surface area (Å²) < 4.78 is 0. The monoisotopic (exact) mass is 154 g/mol. The van der Waals surface area contributed by atoms with E-state index in [4.69, 9.17) is 5.26 Å². The van der Waals surface area contributed by atoms with Gasteiger partial charge in [-0.05, 0) is 26.4 Å². The van der Waals surface area contributed by atoms with Crippen molar-refractivity contribution in [1.82, 2.24) is 4.90 Å².